The number of anilines is 1. The van der Waals surface area contributed by atoms with Crippen molar-refractivity contribution >= 4 is 29.2 Å². The maximum atomic E-state index is 12.9. The Balaban J connectivity index is 0.000000479. The Morgan fingerprint density at radius 1 is 1.10 bits per heavy atom. The zero-order valence-electron chi connectivity index (χ0n) is 17.1. The van der Waals surface area contributed by atoms with Crippen molar-refractivity contribution in [3.05, 3.63) is 40.9 Å². The third-order valence-corrected chi connectivity index (χ3v) is 4.53. The minimum absolute atomic E-state index is 0.0707. The standard InChI is InChI=1S/C16H22ClF3N2.C4H4O4/c1-14(2)8-11(9-15(3,4)22-14)21-10-5-6-13(17)12(7-10)16(18,19)20;5-3(6)1-2-4(7)8/h5-7,11,21-22H,8-9H2,1-4H3;1-2H,(H,5,6)(H,7,8)/b;2-1+. The van der Waals surface area contributed by atoms with E-state index < -0.39 is 23.7 Å². The SMILES string of the molecule is CC1(C)CC(Nc2ccc(Cl)c(C(F)(F)F)c2)CC(C)(C)N1.O=C(O)/C=C/C(=O)O. The van der Waals surface area contributed by atoms with Crippen LogP contribution in [0, 0.1) is 0 Å². The molecular weight excluding hydrogens is 425 g/mol. The number of alkyl halides is 3. The highest BCUT2D eigenvalue weighted by atomic mass is 35.5. The molecule has 0 atom stereocenters. The molecule has 1 saturated heterocycles. The summed E-state index contributed by atoms with van der Waals surface area (Å²) in [6.07, 6.45) is -1.66. The van der Waals surface area contributed by atoms with Crippen LogP contribution in [0.25, 0.3) is 0 Å². The van der Waals surface area contributed by atoms with Crippen molar-refractivity contribution < 1.29 is 33.0 Å². The summed E-state index contributed by atoms with van der Waals surface area (Å²) >= 11 is 5.66. The Hall–Kier alpha value is -2.26. The van der Waals surface area contributed by atoms with Crippen molar-refractivity contribution in [3.63, 3.8) is 0 Å². The van der Waals surface area contributed by atoms with Gasteiger partial charge in [0.15, 0.2) is 0 Å². The topological polar surface area (TPSA) is 98.7 Å². The van der Waals surface area contributed by atoms with Crippen LogP contribution in [0.4, 0.5) is 18.9 Å². The summed E-state index contributed by atoms with van der Waals surface area (Å²) in [5.74, 6) is -2.51. The fraction of sp³-hybridized carbons (Fsp3) is 0.500. The highest BCUT2D eigenvalue weighted by Gasteiger charge is 2.38. The molecule has 1 aliphatic heterocycles. The zero-order valence-corrected chi connectivity index (χ0v) is 17.9. The lowest BCUT2D eigenvalue weighted by Crippen LogP contribution is -2.60. The van der Waals surface area contributed by atoms with Gasteiger partial charge in [0.2, 0.25) is 0 Å². The molecule has 0 saturated carbocycles. The van der Waals surface area contributed by atoms with E-state index in [2.05, 4.69) is 38.3 Å². The number of rotatable bonds is 4. The fourth-order valence-corrected chi connectivity index (χ4v) is 3.86. The molecule has 0 amide bonds. The van der Waals surface area contributed by atoms with E-state index in [-0.39, 0.29) is 22.1 Å². The summed E-state index contributed by atoms with van der Waals surface area (Å²) in [5.41, 5.74) is -0.487. The van der Waals surface area contributed by atoms with Gasteiger partial charge in [-0.3, -0.25) is 0 Å². The monoisotopic (exact) mass is 450 g/mol. The normalized spacial score (nSPS) is 18.4. The smallest absolute Gasteiger partial charge is 0.417 e. The average molecular weight is 451 g/mol. The van der Waals surface area contributed by atoms with Crippen LogP contribution < -0.4 is 10.6 Å². The second kappa shape index (κ2) is 9.70. The molecular formula is C20H26ClF3N2O4. The number of piperidine rings is 1. The van der Waals surface area contributed by atoms with Crippen LogP contribution in [0.5, 0.6) is 0 Å². The first kappa shape index (κ1) is 25.8. The van der Waals surface area contributed by atoms with Crippen LogP contribution in [0.2, 0.25) is 5.02 Å². The van der Waals surface area contributed by atoms with Crippen molar-refractivity contribution in [3.8, 4) is 0 Å². The number of benzene rings is 1. The lowest BCUT2D eigenvalue weighted by molar-refractivity contribution is -0.137. The summed E-state index contributed by atoms with van der Waals surface area (Å²) in [6.45, 7) is 8.41. The van der Waals surface area contributed by atoms with Crippen LogP contribution in [0.15, 0.2) is 30.4 Å². The maximum absolute atomic E-state index is 12.9. The van der Waals surface area contributed by atoms with Gasteiger partial charge in [-0.1, -0.05) is 11.6 Å². The summed E-state index contributed by atoms with van der Waals surface area (Å²) < 4.78 is 38.8. The third-order valence-electron chi connectivity index (χ3n) is 4.20. The molecule has 0 bridgehead atoms. The molecule has 0 spiro atoms. The number of carboxylic acid groups (broad SMARTS) is 2. The molecule has 30 heavy (non-hydrogen) atoms. The molecule has 1 aliphatic rings. The first-order chi connectivity index (χ1) is 13.5. The Labute approximate surface area is 178 Å². The molecule has 1 fully saturated rings. The van der Waals surface area contributed by atoms with E-state index >= 15 is 0 Å². The summed E-state index contributed by atoms with van der Waals surface area (Å²) in [6, 6.07) is 4.09. The fourth-order valence-electron chi connectivity index (χ4n) is 3.63. The van der Waals surface area contributed by atoms with Gasteiger partial charge in [0.05, 0.1) is 10.6 Å². The molecule has 0 aromatic heterocycles. The Bertz CT molecular complexity index is 776. The molecule has 6 nitrogen and oxygen atoms in total. The second-order valence-corrected chi connectivity index (χ2v) is 8.75. The number of halogens is 4. The van der Waals surface area contributed by atoms with Crippen molar-refractivity contribution in [1.29, 1.82) is 0 Å². The number of hydrogen-bond donors (Lipinski definition) is 4. The van der Waals surface area contributed by atoms with Crippen LogP contribution in [-0.2, 0) is 15.8 Å². The highest BCUT2D eigenvalue weighted by molar-refractivity contribution is 6.31. The molecule has 1 aromatic rings. The van der Waals surface area contributed by atoms with E-state index in [1.807, 2.05) is 0 Å². The van der Waals surface area contributed by atoms with E-state index in [0.717, 1.165) is 18.9 Å². The average Bonchev–Trinajstić information content (AvgIpc) is 2.51. The highest BCUT2D eigenvalue weighted by Crippen LogP contribution is 2.37. The van der Waals surface area contributed by atoms with Gasteiger partial charge in [0.25, 0.3) is 0 Å². The number of hydrogen-bond acceptors (Lipinski definition) is 4. The lowest BCUT2D eigenvalue weighted by atomic mass is 9.79. The zero-order chi connectivity index (χ0) is 23.3. The van der Waals surface area contributed by atoms with E-state index in [1.165, 1.54) is 6.07 Å². The first-order valence-corrected chi connectivity index (χ1v) is 9.45. The predicted molar refractivity (Wildman–Crippen MR) is 109 cm³/mol. The van der Waals surface area contributed by atoms with Crippen molar-refractivity contribution in [2.75, 3.05) is 5.32 Å². The Kier molecular flexibility index (Phi) is 8.33. The van der Waals surface area contributed by atoms with Crippen LogP contribution in [0.1, 0.15) is 46.1 Å². The van der Waals surface area contributed by atoms with E-state index in [4.69, 9.17) is 21.8 Å². The molecule has 1 aromatic carbocycles. The third kappa shape index (κ3) is 9.04. The summed E-state index contributed by atoms with van der Waals surface area (Å²) in [4.78, 5) is 19.1. The lowest BCUT2D eigenvalue weighted by Gasteiger charge is -2.47. The largest absolute Gasteiger partial charge is 0.478 e. The van der Waals surface area contributed by atoms with Gasteiger partial charge in [-0.15, -0.1) is 0 Å². The van der Waals surface area contributed by atoms with Gasteiger partial charge >= 0.3 is 18.1 Å². The molecule has 1 heterocycles. The van der Waals surface area contributed by atoms with Gasteiger partial charge in [-0.25, -0.2) is 9.59 Å². The molecule has 4 N–H and O–H groups in total. The molecule has 0 aliphatic carbocycles. The molecule has 0 unspecified atom stereocenters. The van der Waals surface area contributed by atoms with Crippen molar-refractivity contribution in [1.82, 2.24) is 5.32 Å². The number of nitrogens with one attached hydrogen (secondary N) is 2. The first-order valence-electron chi connectivity index (χ1n) is 9.07. The van der Waals surface area contributed by atoms with Crippen molar-refractivity contribution in [2.24, 2.45) is 0 Å². The van der Waals surface area contributed by atoms with E-state index in [9.17, 15) is 22.8 Å². The van der Waals surface area contributed by atoms with Crippen LogP contribution >= 0.6 is 11.6 Å². The minimum Gasteiger partial charge on any atom is -0.478 e. The van der Waals surface area contributed by atoms with Gasteiger partial charge < -0.3 is 20.8 Å². The Morgan fingerprint density at radius 3 is 1.97 bits per heavy atom. The van der Waals surface area contributed by atoms with Gasteiger partial charge in [0, 0.05) is 35.0 Å². The van der Waals surface area contributed by atoms with Crippen LogP contribution in [0.3, 0.4) is 0 Å². The molecule has 0 radical (unpaired) electrons. The molecule has 2 rings (SSSR count). The Morgan fingerprint density at radius 2 is 1.57 bits per heavy atom. The number of carbonyl (C=O) groups is 2. The van der Waals surface area contributed by atoms with E-state index in [0.29, 0.717) is 17.8 Å². The molecule has 168 valence electrons. The quantitative estimate of drug-likeness (QED) is 0.492. The van der Waals surface area contributed by atoms with Gasteiger partial charge in [-0.2, -0.15) is 13.2 Å². The number of aliphatic carboxylic acids is 2. The maximum Gasteiger partial charge on any atom is 0.417 e. The molecule has 10 heteroatoms. The van der Waals surface area contributed by atoms with Gasteiger partial charge in [-0.05, 0) is 58.7 Å². The minimum atomic E-state index is -4.44. The van der Waals surface area contributed by atoms with E-state index in [1.54, 1.807) is 6.07 Å². The summed E-state index contributed by atoms with van der Waals surface area (Å²) in [5, 5.41) is 22.1. The second-order valence-electron chi connectivity index (χ2n) is 8.34. The predicted octanol–water partition coefficient (Wildman–Crippen LogP) is 4.79. The van der Waals surface area contributed by atoms with Gasteiger partial charge in [0.1, 0.15) is 0 Å². The summed E-state index contributed by atoms with van der Waals surface area (Å²) in [7, 11) is 0. The number of carboxylic acids is 2. The van der Waals surface area contributed by atoms with Crippen molar-refractivity contribution in [2.45, 2.75) is 63.8 Å². The van der Waals surface area contributed by atoms with Crippen LogP contribution in [-0.4, -0.2) is 39.3 Å².